The maximum Gasteiger partial charge on any atom is 0.390 e. The molecule has 0 radical (unpaired) electrons. The lowest BCUT2D eigenvalue weighted by molar-refractivity contribution is -0.132. The normalized spacial score (nSPS) is 13.0. The molecule has 0 fully saturated rings. The predicted octanol–water partition coefficient (Wildman–Crippen LogP) is 3.05. The van der Waals surface area contributed by atoms with Gasteiger partial charge in [-0.2, -0.15) is 13.2 Å². The molecule has 1 rings (SSSR count). The highest BCUT2D eigenvalue weighted by atomic mass is 79.9. The number of nitrogens with one attached hydrogen (secondary N) is 1. The third-order valence-electron chi connectivity index (χ3n) is 1.80. The molecule has 1 aromatic rings. The molecule has 0 saturated carbocycles. The summed E-state index contributed by atoms with van der Waals surface area (Å²) in [6.07, 6.45) is -5.55. The molecule has 0 bridgehead atoms. The SMILES string of the molecule is Cc1cc(S(=O)(=O)NCCC(F)(F)F)sc1Br. The highest BCUT2D eigenvalue weighted by Gasteiger charge is 2.28. The van der Waals surface area contributed by atoms with Gasteiger partial charge in [0.05, 0.1) is 10.2 Å². The average molecular weight is 352 g/mol. The Morgan fingerprint density at radius 2 is 2.06 bits per heavy atom. The highest BCUT2D eigenvalue weighted by molar-refractivity contribution is 9.11. The Labute approximate surface area is 109 Å². The number of hydrogen-bond donors (Lipinski definition) is 1. The van der Waals surface area contributed by atoms with Crippen LogP contribution in [0.5, 0.6) is 0 Å². The molecule has 9 heteroatoms. The van der Waals surface area contributed by atoms with Gasteiger partial charge in [0.1, 0.15) is 4.21 Å². The Kier molecular flexibility index (Phi) is 4.61. The van der Waals surface area contributed by atoms with Gasteiger partial charge in [0.2, 0.25) is 10.0 Å². The summed E-state index contributed by atoms with van der Waals surface area (Å²) in [7, 11) is -3.85. The van der Waals surface area contributed by atoms with Crippen molar-refractivity contribution in [1.29, 1.82) is 0 Å². The van der Waals surface area contributed by atoms with E-state index in [-0.39, 0.29) is 4.21 Å². The summed E-state index contributed by atoms with van der Waals surface area (Å²) in [6.45, 7) is 1.05. The third kappa shape index (κ3) is 4.57. The lowest BCUT2D eigenvalue weighted by Crippen LogP contribution is -2.27. The monoisotopic (exact) mass is 351 g/mol. The highest BCUT2D eigenvalue weighted by Crippen LogP contribution is 2.30. The van der Waals surface area contributed by atoms with E-state index in [0.717, 1.165) is 16.9 Å². The van der Waals surface area contributed by atoms with Crippen LogP contribution >= 0.6 is 27.3 Å². The number of sulfonamides is 1. The van der Waals surface area contributed by atoms with E-state index in [9.17, 15) is 21.6 Å². The molecule has 0 aliphatic rings. The number of halogens is 4. The molecular formula is C8H9BrF3NO2S2. The van der Waals surface area contributed by atoms with Gasteiger partial charge >= 0.3 is 6.18 Å². The van der Waals surface area contributed by atoms with Crippen LogP contribution in [-0.2, 0) is 10.0 Å². The number of alkyl halides is 3. The summed E-state index contributed by atoms with van der Waals surface area (Å²) < 4.78 is 61.3. The summed E-state index contributed by atoms with van der Waals surface area (Å²) in [5, 5.41) is 0. The molecule has 0 spiro atoms. The number of hydrogen-bond acceptors (Lipinski definition) is 3. The first-order valence-corrected chi connectivity index (χ1v) is 7.53. The van der Waals surface area contributed by atoms with Crippen molar-refractivity contribution in [1.82, 2.24) is 4.72 Å². The van der Waals surface area contributed by atoms with E-state index in [4.69, 9.17) is 0 Å². The Morgan fingerprint density at radius 3 is 2.47 bits per heavy atom. The van der Waals surface area contributed by atoms with E-state index < -0.39 is 29.2 Å². The number of thiophene rings is 1. The van der Waals surface area contributed by atoms with Crippen molar-refractivity contribution >= 4 is 37.3 Å². The average Bonchev–Trinajstić information content (AvgIpc) is 2.45. The second kappa shape index (κ2) is 5.25. The maximum atomic E-state index is 11.9. The van der Waals surface area contributed by atoms with Crippen LogP contribution in [0.25, 0.3) is 0 Å². The van der Waals surface area contributed by atoms with Gasteiger partial charge in [-0.1, -0.05) is 0 Å². The van der Waals surface area contributed by atoms with E-state index in [1.165, 1.54) is 6.07 Å². The summed E-state index contributed by atoms with van der Waals surface area (Å²) in [4.78, 5) is 0. The van der Waals surface area contributed by atoms with Gasteiger partial charge in [-0.3, -0.25) is 0 Å². The quantitative estimate of drug-likeness (QED) is 0.906. The molecule has 98 valence electrons. The van der Waals surface area contributed by atoms with E-state index in [2.05, 4.69) is 15.9 Å². The minimum absolute atomic E-state index is 0.00375. The van der Waals surface area contributed by atoms with Crippen LogP contribution in [0.2, 0.25) is 0 Å². The molecule has 1 heterocycles. The number of rotatable bonds is 4. The fraction of sp³-hybridized carbons (Fsp3) is 0.500. The molecule has 0 aliphatic carbocycles. The zero-order valence-corrected chi connectivity index (χ0v) is 11.9. The summed E-state index contributed by atoms with van der Waals surface area (Å²) in [5.74, 6) is 0. The maximum absolute atomic E-state index is 11.9. The van der Waals surface area contributed by atoms with E-state index >= 15 is 0 Å². The molecule has 17 heavy (non-hydrogen) atoms. The Balaban J connectivity index is 2.70. The van der Waals surface area contributed by atoms with Gasteiger partial charge in [0.25, 0.3) is 0 Å². The van der Waals surface area contributed by atoms with Crippen LogP contribution in [0.15, 0.2) is 14.1 Å². The minimum atomic E-state index is -4.37. The summed E-state index contributed by atoms with van der Waals surface area (Å²) >= 11 is 4.12. The molecule has 0 aliphatic heterocycles. The Morgan fingerprint density at radius 1 is 1.47 bits per heavy atom. The van der Waals surface area contributed by atoms with Crippen molar-refractivity contribution in [3.8, 4) is 0 Å². The second-order valence-electron chi connectivity index (χ2n) is 3.29. The molecule has 0 unspecified atom stereocenters. The molecule has 0 aromatic carbocycles. The van der Waals surface area contributed by atoms with Crippen LogP contribution < -0.4 is 4.72 Å². The zero-order chi connectivity index (χ0) is 13.3. The van der Waals surface area contributed by atoms with E-state index in [0.29, 0.717) is 3.79 Å². The molecule has 1 aromatic heterocycles. The number of aryl methyl sites for hydroxylation is 1. The van der Waals surface area contributed by atoms with Gasteiger partial charge in [0, 0.05) is 6.54 Å². The lowest BCUT2D eigenvalue weighted by Gasteiger charge is -2.07. The van der Waals surface area contributed by atoms with E-state index in [1.54, 1.807) is 6.92 Å². The molecular weight excluding hydrogens is 343 g/mol. The molecule has 0 saturated heterocycles. The Bertz CT molecular complexity index is 476. The van der Waals surface area contributed by atoms with Gasteiger partial charge in [-0.25, -0.2) is 13.1 Å². The van der Waals surface area contributed by atoms with Crippen molar-refractivity contribution in [3.05, 3.63) is 15.4 Å². The predicted molar refractivity (Wildman–Crippen MR) is 62.6 cm³/mol. The van der Waals surface area contributed by atoms with Crippen molar-refractivity contribution < 1.29 is 21.6 Å². The minimum Gasteiger partial charge on any atom is -0.210 e. The first kappa shape index (κ1) is 14.9. The molecule has 1 N–H and O–H groups in total. The summed E-state index contributed by atoms with van der Waals surface area (Å²) in [6, 6.07) is 1.41. The summed E-state index contributed by atoms with van der Waals surface area (Å²) in [5.41, 5.74) is 0.728. The molecule has 0 atom stereocenters. The zero-order valence-electron chi connectivity index (χ0n) is 8.64. The van der Waals surface area contributed by atoms with Gasteiger partial charge < -0.3 is 0 Å². The lowest BCUT2D eigenvalue weighted by atomic mass is 10.4. The Hall–Kier alpha value is -0.120. The van der Waals surface area contributed by atoms with Crippen LogP contribution in [0, 0.1) is 6.92 Å². The van der Waals surface area contributed by atoms with Crippen LogP contribution in [-0.4, -0.2) is 21.1 Å². The van der Waals surface area contributed by atoms with Crippen molar-refractivity contribution in [2.45, 2.75) is 23.7 Å². The van der Waals surface area contributed by atoms with Crippen LogP contribution in [0.3, 0.4) is 0 Å². The van der Waals surface area contributed by atoms with Gasteiger partial charge in [-0.15, -0.1) is 11.3 Å². The standard InChI is InChI=1S/C8H9BrF3NO2S2/c1-5-4-6(16-7(5)9)17(14,15)13-3-2-8(10,11)12/h4,13H,2-3H2,1H3. The third-order valence-corrected chi connectivity index (χ3v) is 5.87. The largest absolute Gasteiger partial charge is 0.390 e. The first-order valence-electron chi connectivity index (χ1n) is 4.44. The van der Waals surface area contributed by atoms with Crippen molar-refractivity contribution in [2.24, 2.45) is 0 Å². The molecule has 0 amide bonds. The van der Waals surface area contributed by atoms with Crippen molar-refractivity contribution in [3.63, 3.8) is 0 Å². The van der Waals surface area contributed by atoms with Gasteiger partial charge in [-0.05, 0) is 34.5 Å². The second-order valence-corrected chi connectivity index (χ2v) is 7.65. The van der Waals surface area contributed by atoms with Crippen molar-refractivity contribution in [2.75, 3.05) is 6.54 Å². The fourth-order valence-electron chi connectivity index (χ4n) is 0.962. The first-order chi connectivity index (χ1) is 7.62. The van der Waals surface area contributed by atoms with Crippen LogP contribution in [0.1, 0.15) is 12.0 Å². The van der Waals surface area contributed by atoms with E-state index in [1.807, 2.05) is 4.72 Å². The van der Waals surface area contributed by atoms with Gasteiger partial charge in [0.15, 0.2) is 0 Å². The van der Waals surface area contributed by atoms with Crippen LogP contribution in [0.4, 0.5) is 13.2 Å². The topological polar surface area (TPSA) is 46.2 Å². The smallest absolute Gasteiger partial charge is 0.210 e. The molecule has 3 nitrogen and oxygen atoms in total. The fourth-order valence-corrected chi connectivity index (χ4v) is 4.26.